The van der Waals surface area contributed by atoms with Crippen LogP contribution in [0.5, 0.6) is 0 Å². The van der Waals surface area contributed by atoms with Crippen LogP contribution in [0.3, 0.4) is 0 Å². The predicted molar refractivity (Wildman–Crippen MR) is 95.5 cm³/mol. The quantitative estimate of drug-likeness (QED) is 0.614. The van der Waals surface area contributed by atoms with Gasteiger partial charge in [0, 0.05) is 23.6 Å². The van der Waals surface area contributed by atoms with Crippen LogP contribution in [0.25, 0.3) is 16.5 Å². The Morgan fingerprint density at radius 3 is 2.42 bits per heavy atom. The lowest BCUT2D eigenvalue weighted by Crippen LogP contribution is -2.11. The van der Waals surface area contributed by atoms with Gasteiger partial charge in [-0.25, -0.2) is 4.68 Å². The zero-order valence-corrected chi connectivity index (χ0v) is 12.9. The van der Waals surface area contributed by atoms with Crippen molar-refractivity contribution < 1.29 is 4.79 Å². The molecule has 0 unspecified atom stereocenters. The largest absolute Gasteiger partial charge is 0.322 e. The first-order valence-electron chi connectivity index (χ1n) is 7.70. The summed E-state index contributed by atoms with van der Waals surface area (Å²) in [4.78, 5) is 12.4. The van der Waals surface area contributed by atoms with Crippen LogP contribution in [0, 0.1) is 0 Å². The number of nitrogens with zero attached hydrogens (tertiary/aromatic N) is 2. The van der Waals surface area contributed by atoms with E-state index in [1.54, 1.807) is 23.0 Å². The van der Waals surface area contributed by atoms with Gasteiger partial charge in [-0.2, -0.15) is 5.10 Å². The Bertz CT molecular complexity index is 989. The van der Waals surface area contributed by atoms with Gasteiger partial charge in [-0.05, 0) is 53.2 Å². The molecule has 0 aliphatic rings. The monoisotopic (exact) mass is 313 g/mol. The third-order valence-corrected chi connectivity index (χ3v) is 3.91. The standard InChI is InChI=1S/C20H15N3O/c24-20(16-7-10-19(11-8-16)23-13-3-12-21-23)22-18-9-6-15-4-1-2-5-17(15)14-18/h1-14H,(H,22,24). The van der Waals surface area contributed by atoms with E-state index in [1.165, 1.54) is 0 Å². The Morgan fingerprint density at radius 2 is 1.67 bits per heavy atom. The molecule has 3 aromatic carbocycles. The highest BCUT2D eigenvalue weighted by Gasteiger charge is 2.07. The number of anilines is 1. The number of aromatic nitrogens is 2. The number of fused-ring (bicyclic) bond motifs is 1. The summed E-state index contributed by atoms with van der Waals surface area (Å²) in [7, 11) is 0. The van der Waals surface area contributed by atoms with Crippen LogP contribution in [-0.4, -0.2) is 15.7 Å². The molecule has 0 radical (unpaired) electrons. The molecule has 0 saturated carbocycles. The van der Waals surface area contributed by atoms with Gasteiger partial charge in [-0.15, -0.1) is 0 Å². The number of carbonyl (C=O) groups is 1. The fourth-order valence-electron chi connectivity index (χ4n) is 2.66. The van der Waals surface area contributed by atoms with Crippen LogP contribution in [0.4, 0.5) is 5.69 Å². The van der Waals surface area contributed by atoms with Gasteiger partial charge in [-0.1, -0.05) is 30.3 Å². The summed E-state index contributed by atoms with van der Waals surface area (Å²) >= 11 is 0. The second-order valence-corrected chi connectivity index (χ2v) is 5.51. The molecule has 0 fully saturated rings. The van der Waals surface area contributed by atoms with Crippen LogP contribution in [0.15, 0.2) is 85.2 Å². The average Bonchev–Trinajstić information content (AvgIpc) is 3.16. The smallest absolute Gasteiger partial charge is 0.255 e. The number of nitrogens with one attached hydrogen (secondary N) is 1. The molecule has 0 atom stereocenters. The molecule has 1 N–H and O–H groups in total. The Hall–Kier alpha value is -3.40. The van der Waals surface area contributed by atoms with Crippen molar-refractivity contribution in [1.29, 1.82) is 0 Å². The van der Waals surface area contributed by atoms with Crippen LogP contribution >= 0.6 is 0 Å². The van der Waals surface area contributed by atoms with Crippen molar-refractivity contribution in [2.45, 2.75) is 0 Å². The first-order valence-corrected chi connectivity index (χ1v) is 7.70. The molecule has 116 valence electrons. The zero-order valence-electron chi connectivity index (χ0n) is 12.9. The third-order valence-electron chi connectivity index (χ3n) is 3.91. The number of carbonyl (C=O) groups excluding carboxylic acids is 1. The highest BCUT2D eigenvalue weighted by molar-refractivity contribution is 6.05. The van der Waals surface area contributed by atoms with Gasteiger partial charge in [0.1, 0.15) is 0 Å². The van der Waals surface area contributed by atoms with Crippen molar-refractivity contribution in [2.24, 2.45) is 0 Å². The Balaban J connectivity index is 1.54. The van der Waals surface area contributed by atoms with Gasteiger partial charge in [0.2, 0.25) is 0 Å². The molecule has 4 aromatic rings. The third kappa shape index (κ3) is 2.77. The summed E-state index contributed by atoms with van der Waals surface area (Å²) in [6, 6.07) is 23.2. The summed E-state index contributed by atoms with van der Waals surface area (Å²) in [6.07, 6.45) is 3.59. The van der Waals surface area contributed by atoms with Crippen molar-refractivity contribution in [2.75, 3.05) is 5.32 Å². The average molecular weight is 313 g/mol. The molecular formula is C20H15N3O. The molecule has 1 amide bonds. The molecular weight excluding hydrogens is 298 g/mol. The predicted octanol–water partition coefficient (Wildman–Crippen LogP) is 4.28. The van der Waals surface area contributed by atoms with Gasteiger partial charge in [0.05, 0.1) is 5.69 Å². The minimum atomic E-state index is -0.128. The Kier molecular flexibility index (Phi) is 3.56. The summed E-state index contributed by atoms with van der Waals surface area (Å²) < 4.78 is 1.75. The zero-order chi connectivity index (χ0) is 16.4. The molecule has 0 saturated heterocycles. The molecule has 1 heterocycles. The van der Waals surface area contributed by atoms with E-state index in [1.807, 2.05) is 60.8 Å². The lowest BCUT2D eigenvalue weighted by Gasteiger charge is -2.08. The van der Waals surface area contributed by atoms with E-state index in [9.17, 15) is 4.79 Å². The molecule has 0 spiro atoms. The van der Waals surface area contributed by atoms with E-state index >= 15 is 0 Å². The maximum Gasteiger partial charge on any atom is 0.255 e. The van der Waals surface area contributed by atoms with Crippen LogP contribution in [0.2, 0.25) is 0 Å². The first kappa shape index (κ1) is 14.2. The minimum absolute atomic E-state index is 0.128. The highest BCUT2D eigenvalue weighted by Crippen LogP contribution is 2.19. The summed E-state index contributed by atoms with van der Waals surface area (Å²) in [5.74, 6) is -0.128. The molecule has 0 aliphatic carbocycles. The number of hydrogen-bond donors (Lipinski definition) is 1. The maximum atomic E-state index is 12.4. The van der Waals surface area contributed by atoms with E-state index in [2.05, 4.69) is 16.5 Å². The minimum Gasteiger partial charge on any atom is -0.322 e. The SMILES string of the molecule is O=C(Nc1ccc2ccccc2c1)c1ccc(-n2cccn2)cc1. The summed E-state index contributed by atoms with van der Waals surface area (Å²) in [5.41, 5.74) is 2.32. The molecule has 0 bridgehead atoms. The van der Waals surface area contributed by atoms with E-state index < -0.39 is 0 Å². The van der Waals surface area contributed by atoms with E-state index in [-0.39, 0.29) is 5.91 Å². The summed E-state index contributed by atoms with van der Waals surface area (Å²) in [5, 5.41) is 9.37. The van der Waals surface area contributed by atoms with Crippen molar-refractivity contribution in [3.05, 3.63) is 90.8 Å². The second-order valence-electron chi connectivity index (χ2n) is 5.51. The fraction of sp³-hybridized carbons (Fsp3) is 0. The van der Waals surface area contributed by atoms with Crippen molar-refractivity contribution in [3.8, 4) is 5.69 Å². The van der Waals surface area contributed by atoms with E-state index in [0.29, 0.717) is 5.56 Å². The number of benzene rings is 3. The molecule has 4 heteroatoms. The Labute approximate surface area is 139 Å². The van der Waals surface area contributed by atoms with Gasteiger partial charge >= 0.3 is 0 Å². The normalized spacial score (nSPS) is 10.7. The van der Waals surface area contributed by atoms with Gasteiger partial charge in [-0.3, -0.25) is 4.79 Å². The lowest BCUT2D eigenvalue weighted by atomic mass is 10.1. The van der Waals surface area contributed by atoms with Crippen molar-refractivity contribution in [3.63, 3.8) is 0 Å². The van der Waals surface area contributed by atoms with Crippen LogP contribution in [0.1, 0.15) is 10.4 Å². The topological polar surface area (TPSA) is 46.9 Å². The Morgan fingerprint density at radius 1 is 0.875 bits per heavy atom. The van der Waals surface area contributed by atoms with Crippen molar-refractivity contribution >= 4 is 22.4 Å². The highest BCUT2D eigenvalue weighted by atomic mass is 16.1. The maximum absolute atomic E-state index is 12.4. The fourth-order valence-corrected chi connectivity index (χ4v) is 2.66. The number of amides is 1. The second kappa shape index (κ2) is 6.01. The van der Waals surface area contributed by atoms with Gasteiger partial charge < -0.3 is 5.32 Å². The van der Waals surface area contributed by atoms with Crippen LogP contribution < -0.4 is 5.32 Å². The number of rotatable bonds is 3. The molecule has 0 aliphatic heterocycles. The number of hydrogen-bond acceptors (Lipinski definition) is 2. The van der Waals surface area contributed by atoms with E-state index in [0.717, 1.165) is 22.1 Å². The lowest BCUT2D eigenvalue weighted by molar-refractivity contribution is 0.102. The van der Waals surface area contributed by atoms with Gasteiger partial charge in [0.15, 0.2) is 0 Å². The summed E-state index contributed by atoms with van der Waals surface area (Å²) in [6.45, 7) is 0. The van der Waals surface area contributed by atoms with Gasteiger partial charge in [0.25, 0.3) is 5.91 Å². The van der Waals surface area contributed by atoms with E-state index in [4.69, 9.17) is 0 Å². The molecule has 4 rings (SSSR count). The molecule has 4 nitrogen and oxygen atoms in total. The van der Waals surface area contributed by atoms with Crippen molar-refractivity contribution in [1.82, 2.24) is 9.78 Å². The molecule has 1 aromatic heterocycles. The first-order chi connectivity index (χ1) is 11.8. The molecule has 24 heavy (non-hydrogen) atoms. The van der Waals surface area contributed by atoms with Crippen LogP contribution in [-0.2, 0) is 0 Å².